The molecule has 2 saturated heterocycles. The zero-order valence-corrected chi connectivity index (χ0v) is 22.9. The lowest BCUT2D eigenvalue weighted by Crippen LogP contribution is -2.58. The number of ether oxygens (including phenoxy) is 1. The summed E-state index contributed by atoms with van der Waals surface area (Å²) in [6.07, 6.45) is -3.61. The summed E-state index contributed by atoms with van der Waals surface area (Å²) in [5.41, 5.74) is 1.37. The van der Waals surface area contributed by atoms with Crippen molar-refractivity contribution in [3.63, 3.8) is 0 Å². The number of likely N-dealkylation sites (tertiary alicyclic amines) is 1. The van der Waals surface area contributed by atoms with Gasteiger partial charge < -0.3 is 50.9 Å². The number of aliphatic hydroxyl groups is 4. The summed E-state index contributed by atoms with van der Waals surface area (Å²) in [6, 6.07) is 11.8. The van der Waals surface area contributed by atoms with E-state index >= 15 is 0 Å². The second-order valence-electron chi connectivity index (χ2n) is 10.7. The van der Waals surface area contributed by atoms with E-state index in [2.05, 4.69) is 10.6 Å². The predicted octanol–water partition coefficient (Wildman–Crippen LogP) is -1.50. The number of phenols is 1. The number of nitrogens with one attached hydrogen (secondary N) is 2. The average Bonchev–Trinajstić information content (AvgIpc) is 3.56. The molecule has 13 heteroatoms. The third-order valence-electron chi connectivity index (χ3n) is 7.71. The fraction of sp³-hybridized carbons (Fsp3) is 0.483. The van der Waals surface area contributed by atoms with Gasteiger partial charge in [0.15, 0.2) is 0 Å². The molecule has 8 N–H and O–H groups in total. The van der Waals surface area contributed by atoms with Crippen LogP contribution in [0.4, 0.5) is 0 Å². The number of phenolic OH excluding ortho intramolecular Hbond substituents is 1. The number of carbonyl (C=O) groups excluding carboxylic acids is 2. The molecule has 2 aromatic rings. The van der Waals surface area contributed by atoms with E-state index in [1.807, 2.05) is 0 Å². The van der Waals surface area contributed by atoms with E-state index in [1.54, 1.807) is 42.5 Å². The van der Waals surface area contributed by atoms with Gasteiger partial charge in [0.25, 0.3) is 0 Å². The van der Waals surface area contributed by atoms with Gasteiger partial charge in [-0.05, 0) is 42.5 Å². The predicted molar refractivity (Wildman–Crippen MR) is 147 cm³/mol. The Labute approximate surface area is 242 Å². The van der Waals surface area contributed by atoms with Crippen molar-refractivity contribution in [2.45, 2.75) is 67.9 Å². The smallest absolute Gasteiger partial charge is 0.326 e. The normalized spacial score (nSPS) is 27.0. The van der Waals surface area contributed by atoms with Crippen molar-refractivity contribution in [2.75, 3.05) is 19.7 Å². The lowest BCUT2D eigenvalue weighted by Gasteiger charge is -2.32. The van der Waals surface area contributed by atoms with E-state index in [4.69, 9.17) is 4.74 Å². The first-order valence-corrected chi connectivity index (χ1v) is 13.8. The zero-order valence-electron chi connectivity index (χ0n) is 22.9. The van der Waals surface area contributed by atoms with Gasteiger partial charge in [0.1, 0.15) is 36.1 Å². The number of carboxylic acids is 1. The molecule has 42 heavy (non-hydrogen) atoms. The molecule has 2 aromatic carbocycles. The summed E-state index contributed by atoms with van der Waals surface area (Å²) in [7, 11) is 0. The molecule has 228 valence electrons. The van der Waals surface area contributed by atoms with Crippen LogP contribution in [0.25, 0.3) is 0 Å². The highest BCUT2D eigenvalue weighted by Crippen LogP contribution is 2.29. The number of aliphatic carboxylic acids is 1. The summed E-state index contributed by atoms with van der Waals surface area (Å²) < 4.78 is 5.28. The van der Waals surface area contributed by atoms with Crippen LogP contribution in [0.3, 0.4) is 0 Å². The lowest BCUT2D eigenvalue weighted by molar-refractivity contribution is -0.227. The number of hydrogen-bond donors (Lipinski definition) is 8. The van der Waals surface area contributed by atoms with E-state index < -0.39 is 73.2 Å². The number of rotatable bonds is 12. The largest absolute Gasteiger partial charge is 0.508 e. The Balaban J connectivity index is 1.50. The van der Waals surface area contributed by atoms with Crippen LogP contribution in [0.2, 0.25) is 0 Å². The van der Waals surface area contributed by atoms with Crippen molar-refractivity contribution in [3.8, 4) is 5.75 Å². The molecule has 7 atom stereocenters. The van der Waals surface area contributed by atoms with Crippen LogP contribution in [0.15, 0.2) is 54.6 Å². The minimum atomic E-state index is -2.31. The number of nitrogens with zero attached hydrogens (tertiary/aromatic N) is 1. The molecule has 0 radical (unpaired) electrons. The number of carboxylic acid groups (broad SMARTS) is 1. The molecule has 2 fully saturated rings. The number of carbonyl (C=O) groups is 3. The van der Waals surface area contributed by atoms with Gasteiger partial charge in [-0.1, -0.05) is 42.5 Å². The van der Waals surface area contributed by atoms with Crippen molar-refractivity contribution in [3.05, 3.63) is 65.7 Å². The van der Waals surface area contributed by atoms with Crippen LogP contribution in [-0.2, 0) is 32.0 Å². The summed E-state index contributed by atoms with van der Waals surface area (Å²) in [5.74, 6) is -4.61. The Morgan fingerprint density at radius 1 is 1.00 bits per heavy atom. The molecule has 2 aliphatic rings. The van der Waals surface area contributed by atoms with E-state index in [0.717, 1.165) is 5.56 Å². The van der Waals surface area contributed by atoms with Gasteiger partial charge in [-0.15, -0.1) is 0 Å². The summed E-state index contributed by atoms with van der Waals surface area (Å²) >= 11 is 0. The summed E-state index contributed by atoms with van der Waals surface area (Å²) in [5, 5.41) is 65.5. The van der Waals surface area contributed by atoms with Gasteiger partial charge in [-0.25, -0.2) is 4.79 Å². The summed E-state index contributed by atoms with van der Waals surface area (Å²) in [6.45, 7) is -0.919. The van der Waals surface area contributed by atoms with Gasteiger partial charge in [0.05, 0.1) is 19.2 Å². The van der Waals surface area contributed by atoms with Gasteiger partial charge in [-0.3, -0.25) is 9.59 Å². The van der Waals surface area contributed by atoms with E-state index in [9.17, 15) is 45.0 Å². The van der Waals surface area contributed by atoms with E-state index in [-0.39, 0.29) is 25.1 Å². The molecular weight excluding hydrogens is 550 g/mol. The molecule has 2 heterocycles. The lowest BCUT2D eigenvalue weighted by atomic mass is 10.0. The molecule has 0 aliphatic carbocycles. The van der Waals surface area contributed by atoms with Gasteiger partial charge in [0.2, 0.25) is 17.6 Å². The highest BCUT2D eigenvalue weighted by atomic mass is 16.7. The van der Waals surface area contributed by atoms with Gasteiger partial charge in [-0.2, -0.15) is 0 Å². The first-order valence-electron chi connectivity index (χ1n) is 13.8. The SMILES string of the molecule is O=C(O)[C@H](Cc1ccccc1)NC(=O)[C@@H]1CCCN1C(=O)[C@H](Cc1ccc(O)cc1)NC[C@@]1(O)O[C@H](CO)[C@@H](O)[C@@H]1O. The molecule has 0 aromatic heterocycles. The molecule has 0 saturated carbocycles. The minimum Gasteiger partial charge on any atom is -0.508 e. The number of aromatic hydroxyl groups is 1. The quantitative estimate of drug-likeness (QED) is 0.143. The second-order valence-corrected chi connectivity index (χ2v) is 10.7. The van der Waals surface area contributed by atoms with Crippen LogP contribution in [0.1, 0.15) is 24.0 Å². The van der Waals surface area contributed by atoms with Crippen molar-refractivity contribution in [2.24, 2.45) is 0 Å². The van der Waals surface area contributed by atoms with Crippen LogP contribution in [0.5, 0.6) is 5.75 Å². The van der Waals surface area contributed by atoms with Crippen molar-refractivity contribution < 1.29 is 49.8 Å². The van der Waals surface area contributed by atoms with Crippen molar-refractivity contribution >= 4 is 17.8 Å². The second kappa shape index (κ2) is 13.6. The van der Waals surface area contributed by atoms with Crippen LogP contribution in [0, 0.1) is 0 Å². The number of benzene rings is 2. The number of amides is 2. The highest BCUT2D eigenvalue weighted by molar-refractivity contribution is 5.92. The third kappa shape index (κ3) is 7.24. The number of hydrogen-bond acceptors (Lipinski definition) is 10. The first-order chi connectivity index (χ1) is 20.0. The molecule has 4 rings (SSSR count). The van der Waals surface area contributed by atoms with Crippen molar-refractivity contribution in [1.82, 2.24) is 15.5 Å². The van der Waals surface area contributed by atoms with Crippen LogP contribution < -0.4 is 10.6 Å². The Hall–Kier alpha value is -3.59. The Morgan fingerprint density at radius 2 is 1.64 bits per heavy atom. The molecule has 13 nitrogen and oxygen atoms in total. The Bertz CT molecular complexity index is 1230. The van der Waals surface area contributed by atoms with Gasteiger partial charge in [0, 0.05) is 13.0 Å². The highest BCUT2D eigenvalue weighted by Gasteiger charge is 2.53. The fourth-order valence-corrected chi connectivity index (χ4v) is 5.37. The monoisotopic (exact) mass is 587 g/mol. The number of aliphatic hydroxyl groups excluding tert-OH is 3. The third-order valence-corrected chi connectivity index (χ3v) is 7.71. The Morgan fingerprint density at radius 3 is 2.26 bits per heavy atom. The average molecular weight is 588 g/mol. The zero-order chi connectivity index (χ0) is 30.4. The van der Waals surface area contributed by atoms with Crippen LogP contribution >= 0.6 is 0 Å². The molecular formula is C29H37N3O10. The molecule has 2 amide bonds. The maximum atomic E-state index is 13.9. The molecule has 2 aliphatic heterocycles. The fourth-order valence-electron chi connectivity index (χ4n) is 5.37. The molecule has 0 unspecified atom stereocenters. The summed E-state index contributed by atoms with van der Waals surface area (Å²) in [4.78, 5) is 40.4. The van der Waals surface area contributed by atoms with E-state index in [0.29, 0.717) is 18.4 Å². The first kappa shape index (κ1) is 31.3. The molecule has 0 bridgehead atoms. The van der Waals surface area contributed by atoms with Gasteiger partial charge >= 0.3 is 5.97 Å². The topological polar surface area (TPSA) is 209 Å². The minimum absolute atomic E-state index is 0.0233. The van der Waals surface area contributed by atoms with E-state index in [1.165, 1.54) is 17.0 Å². The molecule has 0 spiro atoms. The van der Waals surface area contributed by atoms with Crippen LogP contribution in [-0.4, -0.2) is 115 Å². The maximum Gasteiger partial charge on any atom is 0.326 e. The standard InChI is InChI=1S/C29H37N3O10/c33-15-23-24(35)25(36)29(41,42-23)16-30-20(13-18-8-10-19(34)11-9-18)27(38)32-12-4-7-22(32)26(37)31-21(28(39)40)14-17-5-2-1-3-6-17/h1-3,5-6,8-11,20-25,30,33-36,41H,4,7,12-16H2,(H,31,37)(H,39,40)/t20-,21-,22-,23+,24+,25-,29+/m0/s1. The van der Waals surface area contributed by atoms with Crippen molar-refractivity contribution in [1.29, 1.82) is 0 Å². The Kier molecular flexibility index (Phi) is 10.1. The maximum absolute atomic E-state index is 13.9.